The first-order valence-electron chi connectivity index (χ1n) is 53.6. The van der Waals surface area contributed by atoms with Crippen molar-refractivity contribution in [3.63, 3.8) is 0 Å². The summed E-state index contributed by atoms with van der Waals surface area (Å²) in [6.07, 6.45) is 37.8. The molecule has 7 heterocycles. The number of hydrogen-bond acceptors (Lipinski definition) is 20. The fourth-order valence-corrected chi connectivity index (χ4v) is 26.7. The molecule has 0 spiro atoms. The first kappa shape index (κ1) is 115. The van der Waals surface area contributed by atoms with Crippen molar-refractivity contribution >= 4 is 139 Å². The first-order valence-corrected chi connectivity index (χ1v) is 58.6. The Labute approximate surface area is 901 Å². The molecule has 796 valence electrons. The van der Waals surface area contributed by atoms with Crippen LogP contribution in [0.4, 0.5) is 22.7 Å². The van der Waals surface area contributed by atoms with Gasteiger partial charge in [-0.25, -0.2) is 33.8 Å². The Morgan fingerprint density at radius 3 is 0.899 bits per heavy atom. The number of carboxylic acid groups (broad SMARTS) is 4. The molecule has 0 unspecified atom stereocenters. The molecule has 7 aromatic heterocycles. The number of carboxylic acids is 4. The number of aryl methyl sites for hydroxylation is 2. The number of thioether (sulfide) groups is 2. The topological polar surface area (TPSA) is 310 Å². The number of carbonyl (C=O) groups is 8. The van der Waals surface area contributed by atoms with E-state index in [2.05, 4.69) is 95.1 Å². The zero-order valence-corrected chi connectivity index (χ0v) is 94.8. The van der Waals surface area contributed by atoms with Gasteiger partial charge in [0.15, 0.2) is 10.3 Å². The number of aromatic carboxylic acids is 4. The maximum Gasteiger partial charge on any atom is 0.348 e. The number of aromatic nitrogens is 6. The Morgan fingerprint density at radius 1 is 0.358 bits per heavy atom. The lowest BCUT2D eigenvalue weighted by Gasteiger charge is -2.39. The second-order valence-electron chi connectivity index (χ2n) is 46.4. The number of anilines is 4. The summed E-state index contributed by atoms with van der Waals surface area (Å²) in [5, 5.41) is 47.3. The van der Waals surface area contributed by atoms with Gasteiger partial charge in [-0.2, -0.15) is 5.10 Å². The number of rotatable bonds is 24. The Hall–Kier alpha value is -10.2. The molecule has 1 aromatic carbocycles. The summed E-state index contributed by atoms with van der Waals surface area (Å²) < 4.78 is 16.2. The quantitative estimate of drug-likeness (QED) is 0.0408. The molecule has 8 aromatic rings. The van der Waals surface area contributed by atoms with Gasteiger partial charge in [-0.05, 0) is 361 Å². The lowest BCUT2D eigenvalue weighted by atomic mass is 9.81. The van der Waals surface area contributed by atoms with Gasteiger partial charge in [-0.3, -0.25) is 24.2 Å². The van der Waals surface area contributed by atoms with E-state index in [0.717, 1.165) is 227 Å². The van der Waals surface area contributed by atoms with E-state index >= 15 is 0 Å². The summed E-state index contributed by atoms with van der Waals surface area (Å²) >= 11 is 8.26. The third-order valence-electron chi connectivity index (χ3n) is 29.3. The molecule has 0 saturated heterocycles. The van der Waals surface area contributed by atoms with E-state index in [-0.39, 0.29) is 125 Å². The predicted molar refractivity (Wildman–Crippen MR) is 597 cm³/mol. The van der Waals surface area contributed by atoms with Gasteiger partial charge >= 0.3 is 23.9 Å². The van der Waals surface area contributed by atoms with Crippen molar-refractivity contribution in [3.05, 3.63) is 137 Å². The van der Waals surface area contributed by atoms with Crippen LogP contribution in [0.1, 0.15) is 374 Å². The summed E-state index contributed by atoms with van der Waals surface area (Å²) in [6.45, 7) is 33.4. The van der Waals surface area contributed by atoms with E-state index < -0.39 is 23.9 Å². The first-order chi connectivity index (χ1) is 70.2. The maximum absolute atomic E-state index is 14.1. The average molecular weight is 2130 g/mol. The molecule has 0 bridgehead atoms. The second kappa shape index (κ2) is 52.2. The highest BCUT2D eigenvalue weighted by atomic mass is 32.2. The Balaban J connectivity index is 0.000000165. The SMILES string of the molecule is CC1CCC(C(=O)N(c2cc(C#CC(C)(C)C)sc2C(=O)O)C2CCC(Oc3ccccc3)CC2)CC1.CC1CCC(C(=O)N(c2cc(C#CC(C)(C)C)sc2C(=O)O)C2CCC(Oc3cccnc3)CC2)CC1.CC1CCC(C(=O)N(c2cc(C#CC(C)(C)C)sc2C(=O)O)C2CCC(Sc3nccn3C)CC2)CC1.CC1CCC(C(=O)N(c2cc(C#CC(C)(C)C)sc2C(=O)O)C2CCC(Sc3ncnn3C)CC2)CC1. The molecule has 8 fully saturated rings. The van der Waals surface area contributed by atoms with Crippen molar-refractivity contribution in [1.29, 1.82) is 0 Å². The molecule has 0 radical (unpaired) electrons. The van der Waals surface area contributed by atoms with Crippen LogP contribution in [0.15, 0.2) is 108 Å². The highest BCUT2D eigenvalue weighted by molar-refractivity contribution is 8.00. The van der Waals surface area contributed by atoms with Crippen molar-refractivity contribution in [2.75, 3.05) is 19.6 Å². The number of ether oxygens (including phenoxy) is 2. The highest BCUT2D eigenvalue weighted by Gasteiger charge is 2.45. The van der Waals surface area contributed by atoms with Crippen LogP contribution in [-0.4, -0.2) is 144 Å². The van der Waals surface area contributed by atoms with Crippen LogP contribution < -0.4 is 29.1 Å². The van der Waals surface area contributed by atoms with Crippen LogP contribution in [0.25, 0.3) is 0 Å². The molecule has 148 heavy (non-hydrogen) atoms. The van der Waals surface area contributed by atoms with Crippen molar-refractivity contribution in [3.8, 4) is 58.9 Å². The second-order valence-corrected chi connectivity index (χ2v) is 53.1. The Kier molecular flexibility index (Phi) is 40.6. The number of carbonyl (C=O) groups excluding carboxylic acids is 4. The Bertz CT molecular complexity index is 5720. The molecule has 24 nitrogen and oxygen atoms in total. The zero-order valence-electron chi connectivity index (χ0n) is 89.9. The average Bonchev–Trinajstić information content (AvgIpc) is 1.60. The van der Waals surface area contributed by atoms with Crippen LogP contribution in [0, 0.1) is 116 Å². The lowest BCUT2D eigenvalue weighted by molar-refractivity contribution is -0.125. The third kappa shape index (κ3) is 32.9. The van der Waals surface area contributed by atoms with Gasteiger partial charge in [0.1, 0.15) is 37.3 Å². The maximum atomic E-state index is 14.1. The minimum absolute atomic E-state index is 0.00111. The van der Waals surface area contributed by atoms with Crippen LogP contribution in [0.5, 0.6) is 11.5 Å². The molecule has 0 aliphatic heterocycles. The number of thiophene rings is 4. The fraction of sp³-hybridized carbons (Fsp3) is 0.593. The summed E-state index contributed by atoms with van der Waals surface area (Å²) in [5.74, 6) is 25.8. The summed E-state index contributed by atoms with van der Waals surface area (Å²) in [7, 11) is 3.91. The molecule has 8 aliphatic carbocycles. The Morgan fingerprint density at radius 2 is 0.642 bits per heavy atom. The number of amides is 4. The molecule has 8 aliphatic rings. The number of benzene rings is 1. The number of hydrogen-bond donors (Lipinski definition) is 4. The van der Waals surface area contributed by atoms with Crippen molar-refractivity contribution in [2.45, 2.75) is 373 Å². The molecule has 16 rings (SSSR count). The van der Waals surface area contributed by atoms with E-state index in [9.17, 15) is 58.8 Å². The van der Waals surface area contributed by atoms with Gasteiger partial charge in [0, 0.05) is 113 Å². The van der Waals surface area contributed by atoms with Gasteiger partial charge in [0.05, 0.1) is 60.7 Å². The minimum Gasteiger partial charge on any atom is -0.490 e. The van der Waals surface area contributed by atoms with E-state index in [1.54, 1.807) is 46.9 Å². The molecule has 8 saturated carbocycles. The number of pyridine rings is 1. The van der Waals surface area contributed by atoms with Crippen molar-refractivity contribution < 1.29 is 68.3 Å². The molecule has 4 amide bonds. The smallest absolute Gasteiger partial charge is 0.348 e. The van der Waals surface area contributed by atoms with Crippen molar-refractivity contribution in [1.82, 2.24) is 29.3 Å². The molecule has 0 atom stereocenters. The molecule has 4 N–H and O–H groups in total. The monoisotopic (exact) mass is 2130 g/mol. The molecular formula is C118H154N10O14S6. The highest BCUT2D eigenvalue weighted by Crippen LogP contribution is 2.48. The van der Waals surface area contributed by atoms with Gasteiger partial charge < -0.3 is 54.1 Å². The number of imidazole rings is 1. The van der Waals surface area contributed by atoms with E-state index in [1.165, 1.54) is 45.3 Å². The van der Waals surface area contributed by atoms with Gasteiger partial charge in [0.2, 0.25) is 23.6 Å². The van der Waals surface area contributed by atoms with E-state index in [4.69, 9.17) is 9.47 Å². The van der Waals surface area contributed by atoms with Gasteiger partial charge in [-0.1, -0.05) is 117 Å². The summed E-state index contributed by atoms with van der Waals surface area (Å²) in [6, 6.07) is 20.9. The van der Waals surface area contributed by atoms with Crippen LogP contribution in [-0.2, 0) is 33.3 Å². The molecular weight excluding hydrogens is 1970 g/mol. The predicted octanol–water partition coefficient (Wildman–Crippen LogP) is 27.3. The summed E-state index contributed by atoms with van der Waals surface area (Å²) in [5.41, 5.74) is 1.32. The summed E-state index contributed by atoms with van der Waals surface area (Å²) in [4.78, 5) is 130. The van der Waals surface area contributed by atoms with Crippen LogP contribution >= 0.6 is 68.9 Å². The van der Waals surface area contributed by atoms with E-state index in [0.29, 0.717) is 76.4 Å². The number of para-hydroxylation sites is 1. The van der Waals surface area contributed by atoms with Gasteiger partial charge in [0.25, 0.3) is 0 Å². The van der Waals surface area contributed by atoms with Crippen LogP contribution in [0.3, 0.4) is 0 Å². The fourth-order valence-electron chi connectivity index (χ4n) is 21.0. The number of nitrogens with zero attached hydrogens (tertiary/aromatic N) is 10. The molecule has 30 heteroatoms. The van der Waals surface area contributed by atoms with Gasteiger partial charge in [-0.15, -0.1) is 45.3 Å². The zero-order chi connectivity index (χ0) is 107. The lowest BCUT2D eigenvalue weighted by Crippen LogP contribution is -2.47. The normalized spacial score (nSPS) is 24.1. The standard InChI is InChI=1S/C31H39NO4S.C30H38N2O4S.C29H39N3O3S2.C28H38N4O3S2/c1-21-10-12-22(13-11-21)29(33)32(23-14-16-25(17-15-23)36-24-8-6-5-7-9-24)27-20-26(18-19-31(2,3)4)37-28(27)30(34)35;1-20-7-9-21(10-8-20)28(33)32(22-11-13-23(14-12-22)36-24-6-5-17-31-19-24)26-18-25(15-16-30(2,3)4)37-27(26)29(34)35;1-19-6-8-20(9-7-19)26(33)32(21-10-12-22(13-11-21)37-28-30-16-17-31(28)5)24-18-23(14-15-29(2,3)4)36-25(24)27(34)35;1-18-6-8-19(9-7-18)25(33)32(20-10-12-21(13-11-20)37-27-29-17-30-31(27)5)23-16-22(14-15-28(2,3)4)36-24(23)26(34)35/h5-9,20-23,25H,10-17H2,1-4H3,(H,34,35);5-6,17-23H,7-14H2,1-4H3,(H,34,35);16-22H,6-13H2,1-5H3,(H,34,35);16-21H,6-13H2,1-5H3,(H,34,35). The van der Waals surface area contributed by atoms with Crippen LogP contribution in [0.2, 0.25) is 0 Å². The third-order valence-corrected chi connectivity index (χ3v) is 36.2. The largest absolute Gasteiger partial charge is 0.490 e. The van der Waals surface area contributed by atoms with Crippen molar-refractivity contribution in [2.24, 2.45) is 83.1 Å². The van der Waals surface area contributed by atoms with E-state index in [1.807, 2.05) is 200 Å². The minimum atomic E-state index is -1.01.